The quantitative estimate of drug-likeness (QED) is 0.182. The number of carbonyl (C=O) groups excluding carboxylic acids is 1. The molecule has 38 heavy (non-hydrogen) atoms. The number of benzene rings is 1. The Morgan fingerprint density at radius 3 is 2.53 bits per heavy atom. The maximum absolute atomic E-state index is 13.7. The number of imidazole rings is 1. The fourth-order valence-electron chi connectivity index (χ4n) is 4.64. The van der Waals surface area contributed by atoms with Crippen molar-refractivity contribution in [2.24, 2.45) is 11.7 Å². The SMILES string of the molecule is C[C@@H](NC(=O)CCC(F)(F)F)c1ccc2c(c1)nc([C@@H](N)C1CCC(F)(F)CC1)n2COCC[Si](C)(C)C. The van der Waals surface area contributed by atoms with Gasteiger partial charge < -0.3 is 20.4 Å². The van der Waals surface area contributed by atoms with E-state index in [9.17, 15) is 26.7 Å². The van der Waals surface area contributed by atoms with E-state index >= 15 is 0 Å². The highest BCUT2D eigenvalue weighted by molar-refractivity contribution is 6.76. The second-order valence-corrected chi connectivity index (χ2v) is 17.2. The number of hydrogen-bond donors (Lipinski definition) is 2. The molecule has 3 rings (SSSR count). The molecule has 1 aliphatic rings. The van der Waals surface area contributed by atoms with E-state index in [4.69, 9.17) is 15.5 Å². The van der Waals surface area contributed by atoms with Gasteiger partial charge in [-0.1, -0.05) is 25.7 Å². The van der Waals surface area contributed by atoms with Crippen LogP contribution in [0.5, 0.6) is 0 Å². The Labute approximate surface area is 221 Å². The topological polar surface area (TPSA) is 82.2 Å². The van der Waals surface area contributed by atoms with E-state index < -0.39 is 51.0 Å². The second kappa shape index (κ2) is 12.0. The molecule has 1 saturated carbocycles. The van der Waals surface area contributed by atoms with E-state index in [1.807, 2.05) is 10.6 Å². The molecule has 0 bridgehead atoms. The minimum absolute atomic E-state index is 0.140. The predicted octanol–water partition coefficient (Wildman–Crippen LogP) is 6.69. The maximum Gasteiger partial charge on any atom is 0.389 e. The number of aromatic nitrogens is 2. The largest absolute Gasteiger partial charge is 0.389 e. The Morgan fingerprint density at radius 2 is 1.92 bits per heavy atom. The minimum Gasteiger partial charge on any atom is -0.361 e. The summed E-state index contributed by atoms with van der Waals surface area (Å²) in [6, 6.07) is 5.28. The molecule has 214 valence electrons. The Kier molecular flexibility index (Phi) is 9.62. The number of hydrogen-bond acceptors (Lipinski definition) is 4. The molecule has 0 unspecified atom stereocenters. The van der Waals surface area contributed by atoms with Crippen LogP contribution in [0.2, 0.25) is 25.7 Å². The molecule has 3 N–H and O–H groups in total. The number of carbonyl (C=O) groups is 1. The van der Waals surface area contributed by atoms with Crippen LogP contribution in [0, 0.1) is 5.92 Å². The van der Waals surface area contributed by atoms with Crippen LogP contribution in [0.1, 0.15) is 68.9 Å². The summed E-state index contributed by atoms with van der Waals surface area (Å²) in [5.41, 5.74) is 8.63. The number of nitrogens with zero attached hydrogens (tertiary/aromatic N) is 2. The highest BCUT2D eigenvalue weighted by Gasteiger charge is 2.38. The van der Waals surface area contributed by atoms with Crippen LogP contribution >= 0.6 is 0 Å². The molecule has 2 aromatic rings. The lowest BCUT2D eigenvalue weighted by molar-refractivity contribution is -0.144. The lowest BCUT2D eigenvalue weighted by Crippen LogP contribution is -2.32. The highest BCUT2D eigenvalue weighted by atomic mass is 28.3. The van der Waals surface area contributed by atoms with Crippen LogP contribution in [0.3, 0.4) is 0 Å². The highest BCUT2D eigenvalue weighted by Crippen LogP contribution is 2.41. The van der Waals surface area contributed by atoms with Gasteiger partial charge in [0, 0.05) is 33.9 Å². The predicted molar refractivity (Wildman–Crippen MR) is 140 cm³/mol. The molecule has 2 atom stereocenters. The molecular formula is C26H39F5N4O2Si. The van der Waals surface area contributed by atoms with E-state index in [-0.39, 0.29) is 25.5 Å². The average molecular weight is 563 g/mol. The zero-order valence-electron chi connectivity index (χ0n) is 22.5. The maximum atomic E-state index is 13.7. The van der Waals surface area contributed by atoms with Gasteiger partial charge in [0.15, 0.2) is 0 Å². The van der Waals surface area contributed by atoms with Gasteiger partial charge in [-0.05, 0) is 49.4 Å². The van der Waals surface area contributed by atoms with Gasteiger partial charge in [0.1, 0.15) is 12.6 Å². The molecule has 1 aromatic carbocycles. The van der Waals surface area contributed by atoms with Crippen LogP contribution in [0.4, 0.5) is 22.0 Å². The summed E-state index contributed by atoms with van der Waals surface area (Å²) < 4.78 is 72.7. The summed E-state index contributed by atoms with van der Waals surface area (Å²) in [6.45, 7) is 9.27. The third-order valence-corrected chi connectivity index (χ3v) is 8.80. The monoisotopic (exact) mass is 562 g/mol. The molecule has 1 aliphatic carbocycles. The molecule has 1 heterocycles. The van der Waals surface area contributed by atoms with Crippen LogP contribution in [0.25, 0.3) is 11.0 Å². The van der Waals surface area contributed by atoms with E-state index in [1.54, 1.807) is 19.1 Å². The van der Waals surface area contributed by atoms with Gasteiger partial charge in [0.05, 0.1) is 29.5 Å². The van der Waals surface area contributed by atoms with Gasteiger partial charge in [-0.3, -0.25) is 4.79 Å². The van der Waals surface area contributed by atoms with Gasteiger partial charge >= 0.3 is 6.18 Å². The number of halogens is 5. The van der Waals surface area contributed by atoms with Crippen molar-refractivity contribution >= 4 is 25.0 Å². The number of nitrogens with one attached hydrogen (secondary N) is 1. The van der Waals surface area contributed by atoms with Crippen molar-refractivity contribution in [2.45, 2.75) is 102 Å². The first kappa shape index (κ1) is 30.5. The van der Waals surface area contributed by atoms with E-state index in [2.05, 4.69) is 25.0 Å². The summed E-state index contributed by atoms with van der Waals surface area (Å²) in [6.07, 6.45) is -6.00. The molecule has 0 aliphatic heterocycles. The van der Waals surface area contributed by atoms with Gasteiger partial charge in [-0.25, -0.2) is 13.8 Å². The van der Waals surface area contributed by atoms with Crippen molar-refractivity contribution in [1.82, 2.24) is 14.9 Å². The fourth-order valence-corrected chi connectivity index (χ4v) is 5.40. The van der Waals surface area contributed by atoms with Crippen molar-refractivity contribution in [3.63, 3.8) is 0 Å². The van der Waals surface area contributed by atoms with Crippen LogP contribution in [-0.2, 0) is 16.3 Å². The van der Waals surface area contributed by atoms with Crippen molar-refractivity contribution in [2.75, 3.05) is 6.61 Å². The first-order valence-corrected chi connectivity index (χ1v) is 16.8. The third kappa shape index (κ3) is 8.74. The summed E-state index contributed by atoms with van der Waals surface area (Å²) >= 11 is 0. The Bertz CT molecular complexity index is 1090. The van der Waals surface area contributed by atoms with Crippen LogP contribution in [-0.4, -0.2) is 42.2 Å². The van der Waals surface area contributed by atoms with Crippen molar-refractivity contribution in [1.29, 1.82) is 0 Å². The van der Waals surface area contributed by atoms with Gasteiger partial charge in [0.25, 0.3) is 0 Å². The number of ether oxygens (including phenoxy) is 1. The van der Waals surface area contributed by atoms with E-state index in [1.165, 1.54) is 0 Å². The Hall–Kier alpha value is -2.05. The number of fused-ring (bicyclic) bond motifs is 1. The Morgan fingerprint density at radius 1 is 1.26 bits per heavy atom. The number of rotatable bonds is 11. The van der Waals surface area contributed by atoms with Crippen LogP contribution < -0.4 is 11.1 Å². The average Bonchev–Trinajstić information content (AvgIpc) is 3.16. The number of nitrogens with two attached hydrogens (primary N) is 1. The molecule has 0 saturated heterocycles. The van der Waals surface area contributed by atoms with E-state index in [0.717, 1.165) is 11.6 Å². The van der Waals surface area contributed by atoms with Gasteiger partial charge in [-0.15, -0.1) is 0 Å². The standard InChI is InChI=1S/C26H39F5N4O2Si/c1-17(33-22(36)9-12-26(29,30)31)19-5-6-21-20(15-19)34-24(35(21)16-37-13-14-38(2,3)4)23(32)18-7-10-25(27,28)11-8-18/h5-6,15,17-18,23H,7-14,16,32H2,1-4H3,(H,33,36)/t17-,23+/m1/s1. The van der Waals surface area contributed by atoms with Crippen molar-refractivity contribution in [3.05, 3.63) is 29.6 Å². The molecule has 0 spiro atoms. The molecule has 6 nitrogen and oxygen atoms in total. The van der Waals surface area contributed by atoms with Crippen molar-refractivity contribution in [3.8, 4) is 0 Å². The van der Waals surface area contributed by atoms with Crippen LogP contribution in [0.15, 0.2) is 18.2 Å². The second-order valence-electron chi connectivity index (χ2n) is 11.6. The summed E-state index contributed by atoms with van der Waals surface area (Å²) in [7, 11) is -1.30. The zero-order valence-corrected chi connectivity index (χ0v) is 23.5. The summed E-state index contributed by atoms with van der Waals surface area (Å²) in [4.78, 5) is 16.8. The molecular weight excluding hydrogens is 523 g/mol. The van der Waals surface area contributed by atoms with Gasteiger partial charge in [0.2, 0.25) is 11.8 Å². The molecule has 1 aromatic heterocycles. The smallest absolute Gasteiger partial charge is 0.361 e. The first-order valence-electron chi connectivity index (χ1n) is 13.1. The molecule has 1 amide bonds. The van der Waals surface area contributed by atoms with Gasteiger partial charge in [-0.2, -0.15) is 13.2 Å². The minimum atomic E-state index is -4.40. The first-order chi connectivity index (χ1) is 17.5. The van der Waals surface area contributed by atoms with Crippen molar-refractivity contribution < 1.29 is 31.5 Å². The fraction of sp³-hybridized carbons (Fsp3) is 0.692. The number of alkyl halides is 5. The Balaban J connectivity index is 1.82. The molecule has 1 fully saturated rings. The summed E-state index contributed by atoms with van der Waals surface area (Å²) in [5, 5.41) is 2.60. The lowest BCUT2D eigenvalue weighted by atomic mass is 9.82. The van der Waals surface area contributed by atoms with E-state index in [0.29, 0.717) is 36.4 Å². The molecule has 0 radical (unpaired) electrons. The normalized spacial score (nSPS) is 18.5. The zero-order chi connectivity index (χ0) is 28.3. The number of amides is 1. The lowest BCUT2D eigenvalue weighted by Gasteiger charge is -2.31. The summed E-state index contributed by atoms with van der Waals surface area (Å²) in [5.74, 6) is -2.93. The third-order valence-electron chi connectivity index (χ3n) is 7.10. The molecule has 12 heteroatoms.